The zero-order valence-corrected chi connectivity index (χ0v) is 11.5. The summed E-state index contributed by atoms with van der Waals surface area (Å²) in [6, 6.07) is 7.58. The van der Waals surface area contributed by atoms with Crippen molar-refractivity contribution in [1.82, 2.24) is 5.16 Å². The minimum absolute atomic E-state index is 0.132. The van der Waals surface area contributed by atoms with Gasteiger partial charge in [0.1, 0.15) is 5.69 Å². The second-order valence-corrected chi connectivity index (χ2v) is 5.26. The van der Waals surface area contributed by atoms with E-state index in [1.807, 2.05) is 31.2 Å². The Hall–Kier alpha value is -1.32. The first-order valence-corrected chi connectivity index (χ1v) is 6.35. The van der Waals surface area contributed by atoms with Crippen LogP contribution in [0.3, 0.4) is 0 Å². The molecular weight excluding hydrogens is 248 g/mol. The predicted molar refractivity (Wildman–Crippen MR) is 73.5 cm³/mol. The van der Waals surface area contributed by atoms with Gasteiger partial charge in [-0.2, -0.15) is 0 Å². The maximum absolute atomic E-state index is 6.10. The molecule has 2 aromatic rings. The molecule has 1 atom stereocenters. The summed E-state index contributed by atoms with van der Waals surface area (Å²) in [5.74, 6) is 1.02. The lowest BCUT2D eigenvalue weighted by atomic mass is 10.0. The second-order valence-electron chi connectivity index (χ2n) is 4.85. The van der Waals surface area contributed by atoms with Crippen molar-refractivity contribution in [2.75, 3.05) is 0 Å². The highest BCUT2D eigenvalue weighted by Gasteiger charge is 2.16. The standard InChI is InChI=1S/C14H17ClN2O/c1-8(2)14(16)13-7-12(17-18-13)10-5-4-9(3)11(15)6-10/h4-8,14H,16H2,1-3H3. The zero-order chi connectivity index (χ0) is 13.3. The van der Waals surface area contributed by atoms with Gasteiger partial charge in [-0.3, -0.25) is 0 Å². The number of rotatable bonds is 3. The third-order valence-electron chi connectivity index (χ3n) is 3.04. The molecular formula is C14H17ClN2O. The van der Waals surface area contributed by atoms with Crippen molar-refractivity contribution in [2.45, 2.75) is 26.8 Å². The van der Waals surface area contributed by atoms with Gasteiger partial charge in [-0.25, -0.2) is 0 Å². The monoisotopic (exact) mass is 264 g/mol. The van der Waals surface area contributed by atoms with Gasteiger partial charge in [-0.15, -0.1) is 0 Å². The van der Waals surface area contributed by atoms with Gasteiger partial charge < -0.3 is 10.3 Å². The highest BCUT2D eigenvalue weighted by Crippen LogP contribution is 2.27. The summed E-state index contributed by atoms with van der Waals surface area (Å²) in [4.78, 5) is 0. The van der Waals surface area contributed by atoms with Gasteiger partial charge >= 0.3 is 0 Å². The first-order chi connectivity index (χ1) is 8.49. The van der Waals surface area contributed by atoms with E-state index in [4.69, 9.17) is 21.9 Å². The van der Waals surface area contributed by atoms with Crippen molar-refractivity contribution < 1.29 is 4.52 Å². The van der Waals surface area contributed by atoms with E-state index < -0.39 is 0 Å². The molecule has 2 N–H and O–H groups in total. The van der Waals surface area contributed by atoms with Crippen molar-refractivity contribution in [1.29, 1.82) is 0 Å². The molecule has 0 fully saturated rings. The van der Waals surface area contributed by atoms with Crippen LogP contribution in [0.1, 0.15) is 31.2 Å². The van der Waals surface area contributed by atoms with Crippen LogP contribution in [0.5, 0.6) is 0 Å². The molecule has 1 heterocycles. The summed E-state index contributed by atoms with van der Waals surface area (Å²) in [5.41, 5.74) is 8.78. The van der Waals surface area contributed by atoms with Gasteiger partial charge in [0.15, 0.2) is 5.76 Å². The van der Waals surface area contributed by atoms with E-state index in [1.54, 1.807) is 0 Å². The second kappa shape index (κ2) is 5.12. The number of aromatic nitrogens is 1. The van der Waals surface area contributed by atoms with Crippen molar-refractivity contribution in [3.05, 3.63) is 40.6 Å². The molecule has 0 radical (unpaired) electrons. The molecule has 0 saturated carbocycles. The average Bonchev–Trinajstić information content (AvgIpc) is 2.81. The van der Waals surface area contributed by atoms with E-state index in [-0.39, 0.29) is 6.04 Å². The summed E-state index contributed by atoms with van der Waals surface area (Å²) in [7, 11) is 0. The molecule has 0 aliphatic carbocycles. The highest BCUT2D eigenvalue weighted by atomic mass is 35.5. The smallest absolute Gasteiger partial charge is 0.154 e. The molecule has 4 heteroatoms. The number of aryl methyl sites for hydroxylation is 1. The van der Waals surface area contributed by atoms with Crippen LogP contribution in [0.2, 0.25) is 5.02 Å². The van der Waals surface area contributed by atoms with Gasteiger partial charge in [-0.05, 0) is 24.5 Å². The summed E-state index contributed by atoms with van der Waals surface area (Å²) in [5, 5.41) is 4.77. The maximum atomic E-state index is 6.10. The fourth-order valence-electron chi connectivity index (χ4n) is 1.66. The van der Waals surface area contributed by atoms with Crippen molar-refractivity contribution in [3.8, 4) is 11.3 Å². The zero-order valence-electron chi connectivity index (χ0n) is 10.8. The molecule has 1 unspecified atom stereocenters. The van der Waals surface area contributed by atoms with Crippen LogP contribution in [-0.4, -0.2) is 5.16 Å². The molecule has 3 nitrogen and oxygen atoms in total. The minimum atomic E-state index is -0.132. The third kappa shape index (κ3) is 2.57. The SMILES string of the molecule is Cc1ccc(-c2cc(C(N)C(C)C)on2)cc1Cl. The lowest BCUT2D eigenvalue weighted by molar-refractivity contribution is 0.333. The molecule has 0 amide bonds. The van der Waals surface area contributed by atoms with Gasteiger partial charge in [-0.1, -0.05) is 42.7 Å². The van der Waals surface area contributed by atoms with Crippen molar-refractivity contribution >= 4 is 11.6 Å². The number of benzene rings is 1. The van der Waals surface area contributed by atoms with Crippen LogP contribution in [-0.2, 0) is 0 Å². The summed E-state index contributed by atoms with van der Waals surface area (Å²) < 4.78 is 5.29. The van der Waals surface area contributed by atoms with Crippen LogP contribution in [0, 0.1) is 12.8 Å². The van der Waals surface area contributed by atoms with Crippen molar-refractivity contribution in [2.24, 2.45) is 11.7 Å². The van der Waals surface area contributed by atoms with Gasteiger partial charge in [0.25, 0.3) is 0 Å². The quantitative estimate of drug-likeness (QED) is 0.913. The van der Waals surface area contributed by atoms with Crippen molar-refractivity contribution in [3.63, 3.8) is 0 Å². The van der Waals surface area contributed by atoms with Crippen LogP contribution < -0.4 is 5.73 Å². The summed E-state index contributed by atoms with van der Waals surface area (Å²) >= 11 is 6.10. The largest absolute Gasteiger partial charge is 0.359 e. The number of nitrogens with two attached hydrogens (primary N) is 1. The molecule has 1 aromatic carbocycles. The molecule has 2 rings (SSSR count). The van der Waals surface area contributed by atoms with E-state index in [1.165, 1.54) is 0 Å². The number of nitrogens with zero attached hydrogens (tertiary/aromatic N) is 1. The lowest BCUT2D eigenvalue weighted by Crippen LogP contribution is -2.15. The Bertz CT molecular complexity index is 548. The lowest BCUT2D eigenvalue weighted by Gasteiger charge is -2.10. The molecule has 0 aliphatic heterocycles. The first kappa shape index (κ1) is 13.1. The number of hydrogen-bond donors (Lipinski definition) is 1. The highest BCUT2D eigenvalue weighted by molar-refractivity contribution is 6.31. The van der Waals surface area contributed by atoms with Crippen LogP contribution in [0.4, 0.5) is 0 Å². The molecule has 0 spiro atoms. The molecule has 96 valence electrons. The average molecular weight is 265 g/mol. The molecule has 0 bridgehead atoms. The fourth-order valence-corrected chi connectivity index (χ4v) is 1.84. The third-order valence-corrected chi connectivity index (χ3v) is 3.45. The Morgan fingerprint density at radius 2 is 2.00 bits per heavy atom. The normalized spacial score (nSPS) is 13.0. The Balaban J connectivity index is 2.32. The van der Waals surface area contributed by atoms with Gasteiger partial charge in [0.05, 0.1) is 6.04 Å². The van der Waals surface area contributed by atoms with E-state index in [0.717, 1.165) is 21.8 Å². The minimum Gasteiger partial charge on any atom is -0.359 e. The maximum Gasteiger partial charge on any atom is 0.154 e. The molecule has 0 saturated heterocycles. The van der Waals surface area contributed by atoms with Gasteiger partial charge in [0.2, 0.25) is 0 Å². The Kier molecular flexibility index (Phi) is 3.73. The molecule has 18 heavy (non-hydrogen) atoms. The first-order valence-electron chi connectivity index (χ1n) is 5.97. The number of hydrogen-bond acceptors (Lipinski definition) is 3. The predicted octanol–water partition coefficient (Wildman–Crippen LogP) is 3.96. The number of halogens is 1. The Morgan fingerprint density at radius 1 is 1.28 bits per heavy atom. The van der Waals surface area contributed by atoms with E-state index in [0.29, 0.717) is 11.7 Å². The Labute approximate surface area is 112 Å². The van der Waals surface area contributed by atoms with Crippen LogP contribution in [0.25, 0.3) is 11.3 Å². The van der Waals surface area contributed by atoms with Crippen LogP contribution >= 0.6 is 11.6 Å². The Morgan fingerprint density at radius 3 is 2.61 bits per heavy atom. The van der Waals surface area contributed by atoms with E-state index in [9.17, 15) is 0 Å². The van der Waals surface area contributed by atoms with Gasteiger partial charge in [0, 0.05) is 16.7 Å². The summed E-state index contributed by atoms with van der Waals surface area (Å²) in [6.45, 7) is 6.07. The summed E-state index contributed by atoms with van der Waals surface area (Å²) in [6.07, 6.45) is 0. The molecule has 0 aliphatic rings. The molecule has 1 aromatic heterocycles. The topological polar surface area (TPSA) is 52.0 Å². The van der Waals surface area contributed by atoms with E-state index in [2.05, 4.69) is 19.0 Å². The van der Waals surface area contributed by atoms with Crippen LogP contribution in [0.15, 0.2) is 28.8 Å². The fraction of sp³-hybridized carbons (Fsp3) is 0.357. The van der Waals surface area contributed by atoms with E-state index >= 15 is 0 Å².